The molecular formula is C20H22N4O3. The summed E-state index contributed by atoms with van der Waals surface area (Å²) in [6.45, 7) is 4.05. The zero-order chi connectivity index (χ0) is 19.4. The Bertz CT molecular complexity index is 941. The maximum Gasteiger partial charge on any atom is 0.339 e. The number of carbonyl (C=O) groups excluding carboxylic acids is 2. The summed E-state index contributed by atoms with van der Waals surface area (Å²) in [6, 6.07) is 9.75. The average molecular weight is 366 g/mol. The molecule has 1 amide bonds. The number of aromatic amines is 2. The molecular weight excluding hydrogens is 344 g/mol. The third kappa shape index (κ3) is 3.76. The highest BCUT2D eigenvalue weighted by Gasteiger charge is 2.23. The van der Waals surface area contributed by atoms with Gasteiger partial charge < -0.3 is 15.0 Å². The van der Waals surface area contributed by atoms with Crippen LogP contribution >= 0.6 is 0 Å². The number of H-pyrrole nitrogens is 2. The summed E-state index contributed by atoms with van der Waals surface area (Å²) in [4.78, 5) is 27.6. The van der Waals surface area contributed by atoms with Crippen molar-refractivity contribution >= 4 is 11.9 Å². The molecule has 0 fully saturated rings. The number of nitrogens with one attached hydrogen (secondary N) is 3. The summed E-state index contributed by atoms with van der Waals surface area (Å²) in [7, 11) is 1.33. The largest absolute Gasteiger partial charge is 0.465 e. The summed E-state index contributed by atoms with van der Waals surface area (Å²) in [5.74, 6) is -0.691. The molecule has 7 nitrogen and oxygen atoms in total. The second-order valence-corrected chi connectivity index (χ2v) is 6.17. The molecule has 0 unspecified atom stereocenters. The molecule has 0 aliphatic heterocycles. The second kappa shape index (κ2) is 7.90. The Kier molecular flexibility index (Phi) is 5.40. The third-order valence-corrected chi connectivity index (χ3v) is 4.52. The molecule has 2 heterocycles. The van der Waals surface area contributed by atoms with E-state index in [4.69, 9.17) is 4.74 Å². The molecule has 0 saturated carbocycles. The number of nitrogens with zero attached hydrogens (tertiary/aromatic N) is 1. The molecule has 0 aliphatic carbocycles. The number of rotatable bonds is 6. The fraction of sp³-hybridized carbons (Fsp3) is 0.250. The molecule has 0 atom stereocenters. The van der Waals surface area contributed by atoms with Crippen LogP contribution in [0, 0.1) is 6.92 Å². The topological polar surface area (TPSA) is 99.9 Å². The van der Waals surface area contributed by atoms with Crippen molar-refractivity contribution in [3.05, 3.63) is 64.6 Å². The molecule has 0 aliphatic rings. The minimum absolute atomic E-state index is 0.255. The number of amides is 1. The molecule has 1 aromatic carbocycles. The Morgan fingerprint density at radius 2 is 1.93 bits per heavy atom. The molecule has 27 heavy (non-hydrogen) atoms. The van der Waals surface area contributed by atoms with Crippen molar-refractivity contribution in [3.63, 3.8) is 0 Å². The minimum Gasteiger partial charge on any atom is -0.465 e. The molecule has 3 rings (SSSR count). The standard InChI is InChI=1S/C20H22N4O3/c1-4-15-17(20(26)27-3)12(2)18(23-15)19(25)21-11-13-5-7-14(8-6-13)16-9-10-22-24-16/h5-10,23H,4,11H2,1-3H3,(H,21,25)(H,22,24). The van der Waals surface area contributed by atoms with E-state index in [9.17, 15) is 9.59 Å². The van der Waals surface area contributed by atoms with E-state index < -0.39 is 5.97 Å². The van der Waals surface area contributed by atoms with E-state index in [2.05, 4.69) is 20.5 Å². The van der Waals surface area contributed by atoms with E-state index in [1.165, 1.54) is 7.11 Å². The van der Waals surface area contributed by atoms with E-state index in [-0.39, 0.29) is 5.91 Å². The number of ether oxygens (including phenoxy) is 1. The van der Waals surface area contributed by atoms with Crippen molar-refractivity contribution in [1.82, 2.24) is 20.5 Å². The highest BCUT2D eigenvalue weighted by molar-refractivity contribution is 6.00. The van der Waals surface area contributed by atoms with Gasteiger partial charge in [-0.15, -0.1) is 0 Å². The first kappa shape index (κ1) is 18.4. The maximum absolute atomic E-state index is 12.6. The predicted molar refractivity (Wildman–Crippen MR) is 101 cm³/mol. The fourth-order valence-corrected chi connectivity index (χ4v) is 3.02. The van der Waals surface area contributed by atoms with Crippen LogP contribution in [0.4, 0.5) is 0 Å². The van der Waals surface area contributed by atoms with Gasteiger partial charge in [0.1, 0.15) is 5.69 Å². The summed E-state index contributed by atoms with van der Waals surface area (Å²) >= 11 is 0. The number of carbonyl (C=O) groups is 2. The Labute approximate surface area is 157 Å². The van der Waals surface area contributed by atoms with Crippen LogP contribution in [0.25, 0.3) is 11.3 Å². The summed E-state index contributed by atoms with van der Waals surface area (Å²) in [5.41, 5.74) is 5.07. The number of benzene rings is 1. The van der Waals surface area contributed by atoms with Gasteiger partial charge in [0.05, 0.1) is 18.4 Å². The van der Waals surface area contributed by atoms with Crippen LogP contribution in [-0.4, -0.2) is 34.2 Å². The van der Waals surface area contributed by atoms with Crippen LogP contribution in [0.2, 0.25) is 0 Å². The summed E-state index contributed by atoms with van der Waals surface area (Å²) in [6.07, 6.45) is 2.31. The first-order chi connectivity index (χ1) is 13.0. The highest BCUT2D eigenvalue weighted by atomic mass is 16.5. The molecule has 3 N–H and O–H groups in total. The lowest BCUT2D eigenvalue weighted by atomic mass is 10.1. The van der Waals surface area contributed by atoms with Gasteiger partial charge in [0.25, 0.3) is 5.91 Å². The van der Waals surface area contributed by atoms with E-state index in [0.29, 0.717) is 35.5 Å². The van der Waals surface area contributed by atoms with Gasteiger partial charge in [0.2, 0.25) is 0 Å². The van der Waals surface area contributed by atoms with E-state index in [0.717, 1.165) is 16.8 Å². The van der Waals surface area contributed by atoms with Crippen LogP contribution in [0.5, 0.6) is 0 Å². The zero-order valence-electron chi connectivity index (χ0n) is 15.6. The van der Waals surface area contributed by atoms with Crippen molar-refractivity contribution in [2.24, 2.45) is 0 Å². The number of aryl methyl sites for hydroxylation is 1. The Balaban J connectivity index is 1.71. The van der Waals surface area contributed by atoms with Crippen LogP contribution < -0.4 is 5.32 Å². The summed E-state index contributed by atoms with van der Waals surface area (Å²) < 4.78 is 4.83. The smallest absolute Gasteiger partial charge is 0.339 e. The van der Waals surface area contributed by atoms with Crippen molar-refractivity contribution in [2.75, 3.05) is 7.11 Å². The monoisotopic (exact) mass is 366 g/mol. The van der Waals surface area contributed by atoms with E-state index >= 15 is 0 Å². The number of hydrogen-bond acceptors (Lipinski definition) is 4. The van der Waals surface area contributed by atoms with Gasteiger partial charge in [-0.2, -0.15) is 5.10 Å². The molecule has 7 heteroatoms. The van der Waals surface area contributed by atoms with Gasteiger partial charge in [0.15, 0.2) is 0 Å². The van der Waals surface area contributed by atoms with Crippen molar-refractivity contribution < 1.29 is 14.3 Å². The maximum atomic E-state index is 12.6. The van der Waals surface area contributed by atoms with Crippen LogP contribution in [0.15, 0.2) is 36.5 Å². The van der Waals surface area contributed by atoms with Crippen molar-refractivity contribution in [1.29, 1.82) is 0 Å². The molecule has 0 bridgehead atoms. The van der Waals surface area contributed by atoms with Gasteiger partial charge in [-0.25, -0.2) is 4.79 Å². The number of methoxy groups -OCH3 is 1. The molecule has 140 valence electrons. The first-order valence-corrected chi connectivity index (χ1v) is 8.71. The van der Waals surface area contributed by atoms with Crippen LogP contribution in [0.3, 0.4) is 0 Å². The molecule has 0 saturated heterocycles. The first-order valence-electron chi connectivity index (χ1n) is 8.71. The second-order valence-electron chi connectivity index (χ2n) is 6.17. The van der Waals surface area contributed by atoms with Crippen molar-refractivity contribution in [3.8, 4) is 11.3 Å². The average Bonchev–Trinajstić information content (AvgIpc) is 3.34. The minimum atomic E-state index is -0.436. The Morgan fingerprint density at radius 3 is 2.52 bits per heavy atom. The highest BCUT2D eigenvalue weighted by Crippen LogP contribution is 2.20. The Morgan fingerprint density at radius 1 is 1.19 bits per heavy atom. The summed E-state index contributed by atoms with van der Waals surface area (Å²) in [5, 5.41) is 9.74. The van der Waals surface area contributed by atoms with E-state index in [1.54, 1.807) is 13.1 Å². The van der Waals surface area contributed by atoms with Gasteiger partial charge in [0, 0.05) is 18.4 Å². The van der Waals surface area contributed by atoms with Gasteiger partial charge in [-0.1, -0.05) is 31.2 Å². The molecule has 3 aromatic rings. The van der Waals surface area contributed by atoms with Gasteiger partial charge in [-0.3, -0.25) is 9.89 Å². The normalized spacial score (nSPS) is 10.6. The lowest BCUT2D eigenvalue weighted by Crippen LogP contribution is -2.24. The molecule has 0 radical (unpaired) electrons. The van der Waals surface area contributed by atoms with Gasteiger partial charge >= 0.3 is 5.97 Å². The van der Waals surface area contributed by atoms with Crippen LogP contribution in [-0.2, 0) is 17.7 Å². The van der Waals surface area contributed by atoms with Crippen molar-refractivity contribution in [2.45, 2.75) is 26.8 Å². The number of esters is 1. The quantitative estimate of drug-likeness (QED) is 0.584. The molecule has 2 aromatic heterocycles. The zero-order valence-corrected chi connectivity index (χ0v) is 15.6. The molecule has 0 spiro atoms. The fourth-order valence-electron chi connectivity index (χ4n) is 3.02. The Hall–Kier alpha value is -3.35. The number of hydrogen-bond donors (Lipinski definition) is 3. The van der Waals surface area contributed by atoms with Gasteiger partial charge in [-0.05, 0) is 36.1 Å². The predicted octanol–water partition coefficient (Wildman–Crippen LogP) is 2.99. The SMILES string of the molecule is CCc1[nH]c(C(=O)NCc2ccc(-c3ccn[nH]3)cc2)c(C)c1C(=O)OC. The van der Waals surface area contributed by atoms with E-state index in [1.807, 2.05) is 37.3 Å². The third-order valence-electron chi connectivity index (χ3n) is 4.52. The van der Waals surface area contributed by atoms with Crippen LogP contribution in [0.1, 0.15) is 44.6 Å². The lowest BCUT2D eigenvalue weighted by Gasteiger charge is -2.06. The number of aromatic nitrogens is 3. The lowest BCUT2D eigenvalue weighted by molar-refractivity contribution is 0.0599.